The van der Waals surface area contributed by atoms with Gasteiger partial charge in [0, 0.05) is 35.7 Å². The number of Topliss-reactive ketones (excluding diaryl/α,β-unsaturated/α-hetero) is 1. The molecule has 0 unspecified atom stereocenters. The number of amides is 2. The molecule has 2 heterocycles. The third-order valence-corrected chi connectivity index (χ3v) is 6.73. The van der Waals surface area contributed by atoms with Gasteiger partial charge in [-0.2, -0.15) is 5.26 Å². The third-order valence-electron chi connectivity index (χ3n) is 6.73. The molecule has 0 radical (unpaired) electrons. The van der Waals surface area contributed by atoms with Gasteiger partial charge >= 0.3 is 0 Å². The minimum absolute atomic E-state index is 0.00410. The number of rotatable bonds is 11. The van der Waals surface area contributed by atoms with Crippen LogP contribution in [-0.4, -0.2) is 42.3 Å². The quantitative estimate of drug-likeness (QED) is 0.358. The molecule has 2 amide bonds. The highest BCUT2D eigenvalue weighted by Gasteiger charge is 2.30. The van der Waals surface area contributed by atoms with Gasteiger partial charge < -0.3 is 20.4 Å². The number of carbonyl (C=O) groups excluding carboxylic acids is 3. The minimum atomic E-state index is -0.794. The second kappa shape index (κ2) is 11.5. The van der Waals surface area contributed by atoms with Gasteiger partial charge in [-0.25, -0.2) is 0 Å². The van der Waals surface area contributed by atoms with Crippen molar-refractivity contribution in [1.82, 2.24) is 15.6 Å². The number of H-pyrrole nitrogens is 1. The Balaban J connectivity index is 1.49. The van der Waals surface area contributed by atoms with Crippen LogP contribution in [0.5, 0.6) is 5.75 Å². The summed E-state index contributed by atoms with van der Waals surface area (Å²) in [5, 5.41) is 16.0. The number of hydrogen-bond acceptors (Lipinski definition) is 5. The molecule has 0 aliphatic carbocycles. The number of nitriles is 1. The molecule has 0 saturated carbocycles. The van der Waals surface area contributed by atoms with Crippen molar-refractivity contribution in [1.29, 1.82) is 5.26 Å². The van der Waals surface area contributed by atoms with E-state index in [4.69, 9.17) is 4.74 Å². The fraction of sp³-hybridized carbons (Fsp3) is 0.357. The van der Waals surface area contributed by atoms with E-state index in [1.165, 1.54) is 0 Å². The monoisotopic (exact) mass is 486 g/mol. The van der Waals surface area contributed by atoms with Gasteiger partial charge in [0.1, 0.15) is 11.8 Å². The standard InChI is InChI=1S/C28H30N4O4/c1-36-26-9-5-8-23-22(26)16-24(32-23)25(33)15-19(11-10-18-6-3-2-4-7-18)28(35)31-21(17-29)14-20-12-13-30-27(20)34/h2-9,16,19-21,32H,10-15H2,1H3,(H,30,34)(H,31,35)/t19-,20+,21+/m1/s1. The van der Waals surface area contributed by atoms with Crippen LogP contribution in [0.3, 0.4) is 0 Å². The zero-order chi connectivity index (χ0) is 25.5. The van der Waals surface area contributed by atoms with Crippen LogP contribution in [0.2, 0.25) is 0 Å². The van der Waals surface area contributed by atoms with Crippen molar-refractivity contribution < 1.29 is 19.1 Å². The first-order valence-corrected chi connectivity index (χ1v) is 12.2. The van der Waals surface area contributed by atoms with E-state index in [1.54, 1.807) is 13.2 Å². The van der Waals surface area contributed by atoms with Crippen molar-refractivity contribution in [3.8, 4) is 11.8 Å². The smallest absolute Gasteiger partial charge is 0.224 e. The number of carbonyl (C=O) groups is 3. The Labute approximate surface area is 210 Å². The average molecular weight is 487 g/mol. The summed E-state index contributed by atoms with van der Waals surface area (Å²) in [6.45, 7) is 0.582. The third kappa shape index (κ3) is 5.92. The zero-order valence-electron chi connectivity index (χ0n) is 20.3. The van der Waals surface area contributed by atoms with E-state index in [9.17, 15) is 19.6 Å². The minimum Gasteiger partial charge on any atom is -0.496 e. The van der Waals surface area contributed by atoms with Crippen LogP contribution in [0.15, 0.2) is 54.6 Å². The number of aryl methyl sites for hydroxylation is 1. The summed E-state index contributed by atoms with van der Waals surface area (Å²) in [6, 6.07) is 18.4. The Bertz CT molecular complexity index is 1280. The maximum Gasteiger partial charge on any atom is 0.224 e. The number of nitrogens with zero attached hydrogens (tertiary/aromatic N) is 1. The fourth-order valence-corrected chi connectivity index (χ4v) is 4.69. The zero-order valence-corrected chi connectivity index (χ0v) is 20.3. The van der Waals surface area contributed by atoms with Gasteiger partial charge in [-0.3, -0.25) is 14.4 Å². The first-order valence-electron chi connectivity index (χ1n) is 12.2. The number of nitrogens with one attached hydrogen (secondary N) is 3. The van der Waals surface area contributed by atoms with Crippen molar-refractivity contribution in [2.24, 2.45) is 11.8 Å². The Morgan fingerprint density at radius 1 is 1.19 bits per heavy atom. The summed E-state index contributed by atoms with van der Waals surface area (Å²) in [7, 11) is 1.58. The van der Waals surface area contributed by atoms with E-state index >= 15 is 0 Å². The van der Waals surface area contributed by atoms with Crippen molar-refractivity contribution in [3.05, 3.63) is 65.9 Å². The van der Waals surface area contributed by atoms with Crippen molar-refractivity contribution in [3.63, 3.8) is 0 Å². The molecular formula is C28H30N4O4. The molecule has 8 nitrogen and oxygen atoms in total. The summed E-state index contributed by atoms with van der Waals surface area (Å²) in [5.74, 6) is -0.883. The summed E-state index contributed by atoms with van der Waals surface area (Å²) in [6.07, 6.45) is 1.97. The molecule has 4 rings (SSSR count). The highest BCUT2D eigenvalue weighted by Crippen LogP contribution is 2.27. The van der Waals surface area contributed by atoms with Crippen LogP contribution < -0.4 is 15.4 Å². The van der Waals surface area contributed by atoms with E-state index in [2.05, 4.69) is 21.7 Å². The second-order valence-electron chi connectivity index (χ2n) is 9.16. The molecule has 1 aliphatic heterocycles. The van der Waals surface area contributed by atoms with Gasteiger partial charge in [0.2, 0.25) is 11.8 Å². The van der Waals surface area contributed by atoms with Gasteiger partial charge in [-0.1, -0.05) is 36.4 Å². The number of methoxy groups -OCH3 is 1. The summed E-state index contributed by atoms with van der Waals surface area (Å²) in [4.78, 5) is 41.6. The van der Waals surface area contributed by atoms with Crippen molar-refractivity contribution in [2.75, 3.05) is 13.7 Å². The lowest BCUT2D eigenvalue weighted by atomic mass is 9.92. The number of benzene rings is 2. The Morgan fingerprint density at radius 2 is 2.00 bits per heavy atom. The molecule has 1 fully saturated rings. The Morgan fingerprint density at radius 3 is 2.69 bits per heavy atom. The fourth-order valence-electron chi connectivity index (χ4n) is 4.69. The number of fused-ring (bicyclic) bond motifs is 1. The highest BCUT2D eigenvalue weighted by atomic mass is 16.5. The molecule has 2 aromatic carbocycles. The van der Waals surface area contributed by atoms with Gasteiger partial charge in [-0.05, 0) is 49.4 Å². The van der Waals surface area contributed by atoms with E-state index < -0.39 is 12.0 Å². The molecule has 1 aliphatic rings. The van der Waals surface area contributed by atoms with Crippen LogP contribution >= 0.6 is 0 Å². The summed E-state index contributed by atoms with van der Waals surface area (Å²) < 4.78 is 5.39. The highest BCUT2D eigenvalue weighted by molar-refractivity contribution is 6.02. The lowest BCUT2D eigenvalue weighted by Crippen LogP contribution is -2.40. The predicted octanol–water partition coefficient (Wildman–Crippen LogP) is 3.53. The number of ketones is 1. The van der Waals surface area contributed by atoms with Crippen LogP contribution in [0.1, 0.15) is 41.7 Å². The molecule has 0 bridgehead atoms. The normalized spacial score (nSPS) is 16.7. The lowest BCUT2D eigenvalue weighted by Gasteiger charge is -2.20. The van der Waals surface area contributed by atoms with Crippen molar-refractivity contribution >= 4 is 28.5 Å². The van der Waals surface area contributed by atoms with Crippen LogP contribution in [0, 0.1) is 23.2 Å². The lowest BCUT2D eigenvalue weighted by molar-refractivity contribution is -0.126. The van der Waals surface area contributed by atoms with Crippen LogP contribution in [0.4, 0.5) is 0 Å². The number of ether oxygens (including phenoxy) is 1. The predicted molar refractivity (Wildman–Crippen MR) is 135 cm³/mol. The SMILES string of the molecule is COc1cccc2[nH]c(C(=O)C[C@@H](CCc3ccccc3)C(=O)N[C@H](C#N)C[C@@H]3CCNC3=O)cc12. The maximum atomic E-state index is 13.3. The van der Waals surface area contributed by atoms with Gasteiger partial charge in [0.05, 0.1) is 18.9 Å². The first-order chi connectivity index (χ1) is 17.5. The molecule has 186 valence electrons. The van der Waals surface area contributed by atoms with Gasteiger partial charge in [-0.15, -0.1) is 0 Å². The molecule has 1 saturated heterocycles. The number of aromatic amines is 1. The molecule has 3 atom stereocenters. The topological polar surface area (TPSA) is 124 Å². The van der Waals surface area contributed by atoms with E-state index in [1.807, 2.05) is 48.5 Å². The van der Waals surface area contributed by atoms with E-state index in [-0.39, 0.29) is 36.4 Å². The van der Waals surface area contributed by atoms with Crippen LogP contribution in [0.25, 0.3) is 10.9 Å². The molecule has 3 N–H and O–H groups in total. The molecule has 8 heteroatoms. The maximum absolute atomic E-state index is 13.3. The van der Waals surface area contributed by atoms with Crippen molar-refractivity contribution in [2.45, 2.75) is 38.1 Å². The number of aromatic nitrogens is 1. The Hall–Kier alpha value is -4.12. The second-order valence-corrected chi connectivity index (χ2v) is 9.16. The Kier molecular flexibility index (Phi) is 8.01. The van der Waals surface area contributed by atoms with E-state index in [0.717, 1.165) is 16.5 Å². The van der Waals surface area contributed by atoms with E-state index in [0.29, 0.717) is 37.3 Å². The molecule has 0 spiro atoms. The summed E-state index contributed by atoms with van der Waals surface area (Å²) in [5.41, 5.74) is 2.26. The summed E-state index contributed by atoms with van der Waals surface area (Å²) >= 11 is 0. The van der Waals surface area contributed by atoms with Crippen LogP contribution in [-0.2, 0) is 16.0 Å². The molecule has 1 aromatic heterocycles. The average Bonchev–Trinajstić information content (AvgIpc) is 3.52. The molecule has 3 aromatic rings. The van der Waals surface area contributed by atoms with Gasteiger partial charge in [0.15, 0.2) is 5.78 Å². The first kappa shape index (κ1) is 25.0. The number of hydrogen-bond donors (Lipinski definition) is 3. The van der Waals surface area contributed by atoms with Gasteiger partial charge in [0.25, 0.3) is 0 Å². The molecular weight excluding hydrogens is 456 g/mol. The molecule has 36 heavy (non-hydrogen) atoms. The largest absolute Gasteiger partial charge is 0.496 e.